The van der Waals surface area contributed by atoms with E-state index >= 15 is 0 Å². The highest BCUT2D eigenvalue weighted by Crippen LogP contribution is 2.15. The second-order valence-corrected chi connectivity index (χ2v) is 6.45. The molecule has 0 radical (unpaired) electrons. The molecule has 94 valence electrons. The second-order valence-electron chi connectivity index (χ2n) is 3.69. The third kappa shape index (κ3) is 3.71. The van der Waals surface area contributed by atoms with Crippen LogP contribution in [0.25, 0.3) is 0 Å². The molecule has 0 bridgehead atoms. The molecule has 0 aliphatic heterocycles. The first-order valence-corrected chi connectivity index (χ1v) is 7.14. The van der Waals surface area contributed by atoms with Gasteiger partial charge in [-0.25, -0.2) is 8.42 Å². The molecule has 1 amide bonds. The van der Waals surface area contributed by atoms with Crippen molar-refractivity contribution in [2.45, 2.75) is 17.9 Å². The van der Waals surface area contributed by atoms with Gasteiger partial charge in [-0.3, -0.25) is 4.79 Å². The van der Waals surface area contributed by atoms with Crippen LogP contribution in [0.3, 0.4) is 0 Å². The Bertz CT molecular complexity index is 513. The zero-order valence-corrected chi connectivity index (χ0v) is 11.2. The quantitative estimate of drug-likeness (QED) is 0.903. The van der Waals surface area contributed by atoms with Gasteiger partial charge < -0.3 is 5.32 Å². The van der Waals surface area contributed by atoms with Crippen LogP contribution in [0.1, 0.15) is 12.5 Å². The molecule has 0 aromatic heterocycles. The van der Waals surface area contributed by atoms with Gasteiger partial charge in [0.1, 0.15) is 5.25 Å². The molecule has 1 aromatic carbocycles. The van der Waals surface area contributed by atoms with Crippen LogP contribution in [0.4, 0.5) is 0 Å². The largest absolute Gasteiger partial charge is 0.358 e. The van der Waals surface area contributed by atoms with Crippen molar-refractivity contribution in [1.82, 2.24) is 5.32 Å². The molecule has 6 heteroatoms. The third-order valence-electron chi connectivity index (χ3n) is 2.41. The zero-order valence-electron chi connectivity index (χ0n) is 9.60. The predicted octanol–water partition coefficient (Wildman–Crippen LogP) is 1.39. The fraction of sp³-hybridized carbons (Fsp3) is 0.364. The van der Waals surface area contributed by atoms with Crippen LogP contribution >= 0.6 is 11.6 Å². The van der Waals surface area contributed by atoms with Crippen molar-refractivity contribution in [3.8, 4) is 0 Å². The molecule has 1 N–H and O–H groups in total. The molecule has 0 saturated heterocycles. The lowest BCUT2D eigenvalue weighted by molar-refractivity contribution is -0.119. The summed E-state index contributed by atoms with van der Waals surface area (Å²) in [5, 5.41) is 1.74. The Kier molecular flexibility index (Phi) is 4.54. The first-order valence-electron chi connectivity index (χ1n) is 5.04. The molecule has 17 heavy (non-hydrogen) atoms. The molecule has 0 heterocycles. The number of amides is 1. The first-order chi connectivity index (χ1) is 7.86. The number of carbonyl (C=O) groups is 1. The van der Waals surface area contributed by atoms with E-state index in [1.165, 1.54) is 14.0 Å². The minimum atomic E-state index is -3.51. The Balaban J connectivity index is 2.90. The molecule has 1 aromatic rings. The predicted molar refractivity (Wildman–Crippen MR) is 67.6 cm³/mol. The third-order valence-corrected chi connectivity index (χ3v) is 4.67. The average molecular weight is 276 g/mol. The number of benzene rings is 1. The molecule has 1 atom stereocenters. The van der Waals surface area contributed by atoms with Crippen LogP contribution in [0.15, 0.2) is 24.3 Å². The number of sulfone groups is 1. The summed E-state index contributed by atoms with van der Waals surface area (Å²) in [5.41, 5.74) is 0.577. The molecular weight excluding hydrogens is 262 g/mol. The van der Waals surface area contributed by atoms with Crippen molar-refractivity contribution in [2.24, 2.45) is 0 Å². The number of halogens is 1. The summed E-state index contributed by atoms with van der Waals surface area (Å²) in [5.74, 6) is -0.700. The van der Waals surface area contributed by atoms with Gasteiger partial charge in [-0.05, 0) is 24.6 Å². The molecule has 0 unspecified atom stereocenters. The van der Waals surface area contributed by atoms with E-state index in [0.717, 1.165) is 0 Å². The van der Waals surface area contributed by atoms with Gasteiger partial charge in [0.2, 0.25) is 5.91 Å². The van der Waals surface area contributed by atoms with Gasteiger partial charge in [0.05, 0.1) is 5.75 Å². The van der Waals surface area contributed by atoms with Gasteiger partial charge in [0.25, 0.3) is 0 Å². The molecule has 0 spiro atoms. The van der Waals surface area contributed by atoms with E-state index in [4.69, 9.17) is 11.6 Å². The average Bonchev–Trinajstić information content (AvgIpc) is 2.26. The molecule has 1 rings (SSSR count). The second kappa shape index (κ2) is 5.51. The SMILES string of the molecule is CNC(=O)[C@@H](C)S(=O)(=O)Cc1cccc(Cl)c1. The molecule has 0 fully saturated rings. The summed E-state index contributed by atoms with van der Waals surface area (Å²) in [7, 11) is -2.10. The lowest BCUT2D eigenvalue weighted by Gasteiger charge is -2.11. The van der Waals surface area contributed by atoms with Gasteiger partial charge in [0, 0.05) is 12.1 Å². The maximum atomic E-state index is 11.9. The smallest absolute Gasteiger partial charge is 0.237 e. The van der Waals surface area contributed by atoms with E-state index in [9.17, 15) is 13.2 Å². The Labute approximate surface area is 106 Å². The summed E-state index contributed by atoms with van der Waals surface area (Å²) in [6.07, 6.45) is 0. The van der Waals surface area contributed by atoms with Crippen molar-refractivity contribution >= 4 is 27.3 Å². The summed E-state index contributed by atoms with van der Waals surface area (Å²) < 4.78 is 23.8. The highest BCUT2D eigenvalue weighted by molar-refractivity contribution is 7.92. The van der Waals surface area contributed by atoms with Crippen LogP contribution < -0.4 is 5.32 Å². The number of hydrogen-bond acceptors (Lipinski definition) is 3. The standard InChI is InChI=1S/C11H14ClNO3S/c1-8(11(14)13-2)17(15,16)7-9-4-3-5-10(12)6-9/h3-6,8H,7H2,1-2H3,(H,13,14)/t8-/m1/s1. The van der Waals surface area contributed by atoms with Crippen LogP contribution in [0.2, 0.25) is 5.02 Å². The summed E-state index contributed by atoms with van der Waals surface area (Å²) >= 11 is 5.77. The number of nitrogens with one attached hydrogen (secondary N) is 1. The van der Waals surface area contributed by atoms with Gasteiger partial charge in [-0.2, -0.15) is 0 Å². The van der Waals surface area contributed by atoms with Gasteiger partial charge in [-0.15, -0.1) is 0 Å². The molecular formula is C11H14ClNO3S. The van der Waals surface area contributed by atoms with E-state index in [-0.39, 0.29) is 5.75 Å². The van der Waals surface area contributed by atoms with Gasteiger partial charge >= 0.3 is 0 Å². The summed E-state index contributed by atoms with van der Waals surface area (Å²) in [6, 6.07) is 6.59. The lowest BCUT2D eigenvalue weighted by atomic mass is 10.2. The normalized spacial score (nSPS) is 13.1. The van der Waals surface area contributed by atoms with E-state index in [1.807, 2.05) is 0 Å². The highest BCUT2D eigenvalue weighted by atomic mass is 35.5. The Morgan fingerprint density at radius 1 is 1.47 bits per heavy atom. The van der Waals surface area contributed by atoms with Crippen molar-refractivity contribution in [1.29, 1.82) is 0 Å². The van der Waals surface area contributed by atoms with Crippen molar-refractivity contribution in [2.75, 3.05) is 7.05 Å². The van der Waals surface area contributed by atoms with Crippen LogP contribution in [0, 0.1) is 0 Å². The number of rotatable bonds is 4. The van der Waals surface area contributed by atoms with E-state index in [2.05, 4.69) is 5.32 Å². The van der Waals surface area contributed by atoms with Crippen molar-refractivity contribution in [3.05, 3.63) is 34.9 Å². The topological polar surface area (TPSA) is 63.2 Å². The molecule has 0 aliphatic carbocycles. The summed E-state index contributed by atoms with van der Waals surface area (Å²) in [4.78, 5) is 11.3. The van der Waals surface area contributed by atoms with E-state index in [1.54, 1.807) is 24.3 Å². The minimum absolute atomic E-state index is 0.192. The van der Waals surface area contributed by atoms with Crippen LogP contribution in [-0.4, -0.2) is 26.6 Å². The molecule has 0 aliphatic rings. The highest BCUT2D eigenvalue weighted by Gasteiger charge is 2.27. The minimum Gasteiger partial charge on any atom is -0.358 e. The van der Waals surface area contributed by atoms with Crippen LogP contribution in [-0.2, 0) is 20.4 Å². The Morgan fingerprint density at radius 2 is 2.12 bits per heavy atom. The maximum Gasteiger partial charge on any atom is 0.237 e. The number of hydrogen-bond donors (Lipinski definition) is 1. The molecule has 4 nitrogen and oxygen atoms in total. The van der Waals surface area contributed by atoms with E-state index in [0.29, 0.717) is 10.6 Å². The summed E-state index contributed by atoms with van der Waals surface area (Å²) in [6.45, 7) is 1.37. The van der Waals surface area contributed by atoms with E-state index < -0.39 is 21.0 Å². The lowest BCUT2D eigenvalue weighted by Crippen LogP contribution is -2.36. The fourth-order valence-corrected chi connectivity index (χ4v) is 2.90. The number of carbonyl (C=O) groups excluding carboxylic acids is 1. The zero-order chi connectivity index (χ0) is 13.1. The fourth-order valence-electron chi connectivity index (χ4n) is 1.35. The van der Waals surface area contributed by atoms with Crippen molar-refractivity contribution < 1.29 is 13.2 Å². The Hall–Kier alpha value is -1.07. The van der Waals surface area contributed by atoms with Crippen LogP contribution in [0.5, 0.6) is 0 Å². The molecule has 0 saturated carbocycles. The Morgan fingerprint density at radius 3 is 2.65 bits per heavy atom. The first kappa shape index (κ1) is 14.0. The van der Waals surface area contributed by atoms with Gasteiger partial charge in [0.15, 0.2) is 9.84 Å². The van der Waals surface area contributed by atoms with Crippen molar-refractivity contribution in [3.63, 3.8) is 0 Å². The monoisotopic (exact) mass is 275 g/mol. The maximum absolute atomic E-state index is 11.9. The van der Waals surface area contributed by atoms with Gasteiger partial charge in [-0.1, -0.05) is 23.7 Å².